The van der Waals surface area contributed by atoms with E-state index in [1.807, 2.05) is 12.1 Å². The first-order valence-electron chi connectivity index (χ1n) is 8.40. The van der Waals surface area contributed by atoms with Gasteiger partial charge < -0.3 is 20.4 Å². The van der Waals surface area contributed by atoms with Crippen LogP contribution in [-0.4, -0.2) is 36.3 Å². The highest BCUT2D eigenvalue weighted by atomic mass is 35.5. The van der Waals surface area contributed by atoms with Crippen molar-refractivity contribution in [3.63, 3.8) is 0 Å². The molecule has 1 aliphatic rings. The SMILES string of the molecule is Cl.Cl.NC(C(=O)NCCCn1ccc2ccccc21)C1CCOCC1. The number of para-hydroxylation sites is 1. The second-order valence-electron chi connectivity index (χ2n) is 6.19. The van der Waals surface area contributed by atoms with Crippen LogP contribution in [0.4, 0.5) is 0 Å². The van der Waals surface area contributed by atoms with Crippen molar-refractivity contribution in [1.82, 2.24) is 9.88 Å². The van der Waals surface area contributed by atoms with Gasteiger partial charge in [0.15, 0.2) is 0 Å². The number of amides is 1. The zero-order valence-corrected chi connectivity index (χ0v) is 15.9. The Balaban J connectivity index is 0.00000156. The number of hydrogen-bond acceptors (Lipinski definition) is 3. The van der Waals surface area contributed by atoms with Crippen molar-refractivity contribution in [3.8, 4) is 0 Å². The van der Waals surface area contributed by atoms with Crippen molar-refractivity contribution in [2.75, 3.05) is 19.8 Å². The van der Waals surface area contributed by atoms with Gasteiger partial charge in [0.05, 0.1) is 6.04 Å². The summed E-state index contributed by atoms with van der Waals surface area (Å²) in [5, 5.41) is 4.22. The number of halogens is 2. The molecule has 0 saturated carbocycles. The number of nitrogens with zero attached hydrogens (tertiary/aromatic N) is 1. The fourth-order valence-electron chi connectivity index (χ4n) is 3.20. The van der Waals surface area contributed by atoms with Crippen LogP contribution in [0.2, 0.25) is 0 Å². The summed E-state index contributed by atoms with van der Waals surface area (Å²) in [6.07, 6.45) is 4.75. The van der Waals surface area contributed by atoms with Gasteiger partial charge in [0.2, 0.25) is 5.91 Å². The molecule has 1 atom stereocenters. The maximum atomic E-state index is 12.1. The molecule has 1 unspecified atom stereocenters. The number of ether oxygens (including phenoxy) is 1. The molecule has 2 heterocycles. The van der Waals surface area contributed by atoms with Crippen LogP contribution in [0, 0.1) is 5.92 Å². The van der Waals surface area contributed by atoms with Crippen molar-refractivity contribution < 1.29 is 9.53 Å². The Morgan fingerprint density at radius 2 is 1.96 bits per heavy atom. The highest BCUT2D eigenvalue weighted by Gasteiger charge is 2.26. The number of nitrogens with one attached hydrogen (secondary N) is 1. The summed E-state index contributed by atoms with van der Waals surface area (Å²) in [7, 11) is 0. The van der Waals surface area contributed by atoms with Crippen LogP contribution in [0.15, 0.2) is 36.5 Å². The topological polar surface area (TPSA) is 69.3 Å². The van der Waals surface area contributed by atoms with E-state index in [2.05, 4.69) is 34.3 Å². The lowest BCUT2D eigenvalue weighted by Gasteiger charge is -2.26. The van der Waals surface area contributed by atoms with Crippen LogP contribution in [-0.2, 0) is 16.1 Å². The molecule has 1 amide bonds. The van der Waals surface area contributed by atoms with Gasteiger partial charge >= 0.3 is 0 Å². The van der Waals surface area contributed by atoms with E-state index in [-0.39, 0.29) is 36.6 Å². The molecule has 1 aliphatic heterocycles. The highest BCUT2D eigenvalue weighted by molar-refractivity contribution is 5.85. The molecule has 5 nitrogen and oxygen atoms in total. The predicted molar refractivity (Wildman–Crippen MR) is 106 cm³/mol. The Hall–Kier alpha value is -1.27. The van der Waals surface area contributed by atoms with Crippen molar-refractivity contribution in [3.05, 3.63) is 36.5 Å². The second-order valence-corrected chi connectivity index (χ2v) is 6.19. The van der Waals surface area contributed by atoms with E-state index in [4.69, 9.17) is 10.5 Å². The minimum atomic E-state index is -0.411. The smallest absolute Gasteiger partial charge is 0.237 e. The number of aryl methyl sites for hydroxylation is 1. The molecule has 3 N–H and O–H groups in total. The molecule has 0 radical (unpaired) electrons. The number of hydrogen-bond donors (Lipinski definition) is 2. The van der Waals surface area contributed by atoms with Crippen LogP contribution in [0.5, 0.6) is 0 Å². The number of carbonyl (C=O) groups is 1. The van der Waals surface area contributed by atoms with E-state index >= 15 is 0 Å². The Morgan fingerprint density at radius 3 is 2.72 bits per heavy atom. The lowest BCUT2D eigenvalue weighted by molar-refractivity contribution is -0.124. The van der Waals surface area contributed by atoms with Crippen LogP contribution < -0.4 is 11.1 Å². The molecule has 7 heteroatoms. The average molecular weight is 388 g/mol. The first-order valence-corrected chi connectivity index (χ1v) is 8.40. The zero-order chi connectivity index (χ0) is 16.1. The minimum Gasteiger partial charge on any atom is -0.381 e. The molecule has 1 saturated heterocycles. The summed E-state index contributed by atoms with van der Waals surface area (Å²) in [5.41, 5.74) is 7.30. The minimum absolute atomic E-state index is 0. The summed E-state index contributed by atoms with van der Waals surface area (Å²) in [6, 6.07) is 10.0. The second kappa shape index (κ2) is 10.7. The van der Waals surface area contributed by atoms with E-state index in [1.54, 1.807) is 0 Å². The quantitative estimate of drug-likeness (QED) is 0.748. The van der Waals surface area contributed by atoms with E-state index in [0.717, 1.165) is 25.8 Å². The van der Waals surface area contributed by atoms with Gasteiger partial charge in [-0.25, -0.2) is 0 Å². The molecule has 3 rings (SSSR count). The molecule has 140 valence electrons. The van der Waals surface area contributed by atoms with E-state index in [1.165, 1.54) is 10.9 Å². The molecule has 1 aromatic heterocycles. The number of fused-ring (bicyclic) bond motifs is 1. The lowest BCUT2D eigenvalue weighted by Crippen LogP contribution is -2.47. The summed E-state index contributed by atoms with van der Waals surface area (Å²) < 4.78 is 7.54. The van der Waals surface area contributed by atoms with Gasteiger partial charge in [0.1, 0.15) is 0 Å². The van der Waals surface area contributed by atoms with Crippen molar-refractivity contribution in [1.29, 1.82) is 0 Å². The van der Waals surface area contributed by atoms with Crippen molar-refractivity contribution >= 4 is 41.6 Å². The molecule has 0 spiro atoms. The number of benzene rings is 1. The molecular weight excluding hydrogens is 361 g/mol. The number of nitrogens with two attached hydrogens (primary N) is 1. The Kier molecular flexibility index (Phi) is 9.28. The Morgan fingerprint density at radius 1 is 1.24 bits per heavy atom. The summed E-state index contributed by atoms with van der Waals surface area (Å²) in [4.78, 5) is 12.1. The first-order chi connectivity index (χ1) is 11.3. The molecule has 0 aliphatic carbocycles. The molecule has 2 aromatic rings. The maximum absolute atomic E-state index is 12.1. The molecule has 1 aromatic carbocycles. The van der Waals surface area contributed by atoms with Gasteiger partial charge in [-0.2, -0.15) is 0 Å². The Labute approximate surface area is 161 Å². The summed E-state index contributed by atoms with van der Waals surface area (Å²) in [6.45, 7) is 2.97. The fourth-order valence-corrected chi connectivity index (χ4v) is 3.20. The lowest BCUT2D eigenvalue weighted by atomic mass is 9.92. The summed E-state index contributed by atoms with van der Waals surface area (Å²) >= 11 is 0. The standard InChI is InChI=1S/C18H25N3O2.2ClH/c19-17(15-7-12-23-13-8-15)18(22)20-9-3-10-21-11-6-14-4-1-2-5-16(14)21;;/h1-2,4-6,11,15,17H,3,7-10,12-13,19H2,(H,20,22);2*1H. The van der Waals surface area contributed by atoms with Crippen LogP contribution >= 0.6 is 24.8 Å². The molecular formula is C18H27Cl2N3O2. The van der Waals surface area contributed by atoms with E-state index in [9.17, 15) is 4.79 Å². The first kappa shape index (κ1) is 21.8. The third-order valence-corrected chi connectivity index (χ3v) is 4.63. The van der Waals surface area contributed by atoms with Gasteiger partial charge in [0, 0.05) is 38.0 Å². The molecule has 0 bridgehead atoms. The van der Waals surface area contributed by atoms with Gasteiger partial charge in [-0.1, -0.05) is 18.2 Å². The van der Waals surface area contributed by atoms with Gasteiger partial charge in [-0.15, -0.1) is 24.8 Å². The zero-order valence-electron chi connectivity index (χ0n) is 14.2. The predicted octanol–water partition coefficient (Wildman–Crippen LogP) is 2.75. The average Bonchev–Trinajstić information content (AvgIpc) is 3.02. The van der Waals surface area contributed by atoms with Crippen molar-refractivity contribution in [2.45, 2.75) is 31.8 Å². The third kappa shape index (κ3) is 5.61. The van der Waals surface area contributed by atoms with Gasteiger partial charge in [-0.3, -0.25) is 4.79 Å². The van der Waals surface area contributed by atoms with E-state index < -0.39 is 6.04 Å². The largest absolute Gasteiger partial charge is 0.381 e. The van der Waals surface area contributed by atoms with Gasteiger partial charge in [-0.05, 0) is 42.7 Å². The van der Waals surface area contributed by atoms with Crippen LogP contribution in [0.1, 0.15) is 19.3 Å². The number of rotatable bonds is 6. The summed E-state index contributed by atoms with van der Waals surface area (Å²) in [5.74, 6) is 0.214. The van der Waals surface area contributed by atoms with E-state index in [0.29, 0.717) is 19.8 Å². The monoisotopic (exact) mass is 387 g/mol. The Bertz CT molecular complexity index is 657. The number of aromatic nitrogens is 1. The number of carbonyl (C=O) groups excluding carboxylic acids is 1. The molecule has 1 fully saturated rings. The fraction of sp³-hybridized carbons (Fsp3) is 0.500. The van der Waals surface area contributed by atoms with Crippen LogP contribution in [0.25, 0.3) is 10.9 Å². The molecule has 25 heavy (non-hydrogen) atoms. The third-order valence-electron chi connectivity index (χ3n) is 4.63. The highest BCUT2D eigenvalue weighted by Crippen LogP contribution is 2.18. The van der Waals surface area contributed by atoms with Crippen LogP contribution in [0.3, 0.4) is 0 Å². The normalized spacial score (nSPS) is 15.9. The van der Waals surface area contributed by atoms with Gasteiger partial charge in [0.25, 0.3) is 0 Å². The maximum Gasteiger partial charge on any atom is 0.237 e. The van der Waals surface area contributed by atoms with Crippen molar-refractivity contribution in [2.24, 2.45) is 11.7 Å².